The molecule has 2 aromatic rings. The molecule has 2 aromatic carbocycles. The molecule has 2 N–H and O–H groups in total. The van der Waals surface area contributed by atoms with Crippen LogP contribution in [0.1, 0.15) is 22.3 Å². The molecule has 0 radical (unpaired) electrons. The molecule has 21 heavy (non-hydrogen) atoms. The van der Waals surface area contributed by atoms with Gasteiger partial charge in [0.05, 0.1) is 6.04 Å². The molecule has 0 bridgehead atoms. The Labute approximate surface area is 125 Å². The Kier molecular flexibility index (Phi) is 4.02. The van der Waals surface area contributed by atoms with Crippen LogP contribution < -0.4 is 10.6 Å². The first-order valence-electron chi connectivity index (χ1n) is 7.36. The summed E-state index contributed by atoms with van der Waals surface area (Å²) in [5.41, 5.74) is 4.92. The van der Waals surface area contributed by atoms with Crippen molar-refractivity contribution in [3.05, 3.63) is 70.8 Å². The highest BCUT2D eigenvalue weighted by Crippen LogP contribution is 2.16. The highest BCUT2D eigenvalue weighted by Gasteiger charge is 2.23. The third-order valence-corrected chi connectivity index (χ3v) is 3.95. The third kappa shape index (κ3) is 3.31. The highest BCUT2D eigenvalue weighted by molar-refractivity contribution is 5.82. The van der Waals surface area contributed by atoms with Gasteiger partial charge in [-0.15, -0.1) is 0 Å². The van der Waals surface area contributed by atoms with Crippen LogP contribution >= 0.6 is 0 Å². The minimum absolute atomic E-state index is 0.0750. The van der Waals surface area contributed by atoms with Crippen molar-refractivity contribution in [2.24, 2.45) is 0 Å². The molecule has 1 atom stereocenters. The number of amides is 1. The molecule has 0 unspecified atom stereocenters. The minimum Gasteiger partial charge on any atom is -0.351 e. The molecule has 3 heteroatoms. The van der Waals surface area contributed by atoms with Crippen LogP contribution in [0.3, 0.4) is 0 Å². The maximum Gasteiger partial charge on any atom is 0.237 e. The first kappa shape index (κ1) is 13.8. The SMILES string of the molecule is Cc1cccc(CNC(=O)[C@@H]2Cc3ccccc3CN2)c1. The van der Waals surface area contributed by atoms with Crippen LogP contribution in [-0.4, -0.2) is 11.9 Å². The molecule has 0 fully saturated rings. The Morgan fingerprint density at radius 1 is 1.19 bits per heavy atom. The van der Waals surface area contributed by atoms with Gasteiger partial charge < -0.3 is 10.6 Å². The highest BCUT2D eigenvalue weighted by atomic mass is 16.2. The van der Waals surface area contributed by atoms with Gasteiger partial charge in [0, 0.05) is 13.1 Å². The largest absolute Gasteiger partial charge is 0.351 e. The molecule has 3 nitrogen and oxygen atoms in total. The monoisotopic (exact) mass is 280 g/mol. The van der Waals surface area contributed by atoms with E-state index in [1.54, 1.807) is 0 Å². The number of rotatable bonds is 3. The first-order valence-corrected chi connectivity index (χ1v) is 7.36. The molecule has 0 aromatic heterocycles. The number of aryl methyl sites for hydroxylation is 1. The van der Waals surface area contributed by atoms with Crippen LogP contribution in [0.5, 0.6) is 0 Å². The van der Waals surface area contributed by atoms with E-state index < -0.39 is 0 Å². The van der Waals surface area contributed by atoms with Gasteiger partial charge >= 0.3 is 0 Å². The third-order valence-electron chi connectivity index (χ3n) is 3.95. The van der Waals surface area contributed by atoms with E-state index in [0.717, 1.165) is 18.5 Å². The van der Waals surface area contributed by atoms with Crippen LogP contribution in [0.2, 0.25) is 0 Å². The average molecular weight is 280 g/mol. The lowest BCUT2D eigenvalue weighted by Gasteiger charge is -2.25. The maximum absolute atomic E-state index is 12.3. The van der Waals surface area contributed by atoms with Crippen molar-refractivity contribution in [3.8, 4) is 0 Å². The summed E-state index contributed by atoms with van der Waals surface area (Å²) >= 11 is 0. The summed E-state index contributed by atoms with van der Waals surface area (Å²) in [5, 5.41) is 6.34. The smallest absolute Gasteiger partial charge is 0.237 e. The lowest BCUT2D eigenvalue weighted by atomic mass is 9.95. The summed E-state index contributed by atoms with van der Waals surface area (Å²) in [4.78, 5) is 12.3. The van der Waals surface area contributed by atoms with Crippen molar-refractivity contribution in [2.75, 3.05) is 0 Å². The van der Waals surface area contributed by atoms with Gasteiger partial charge in [0.1, 0.15) is 0 Å². The molecule has 3 rings (SSSR count). The van der Waals surface area contributed by atoms with Gasteiger partial charge in [-0.05, 0) is 30.0 Å². The maximum atomic E-state index is 12.3. The topological polar surface area (TPSA) is 41.1 Å². The number of carbonyl (C=O) groups is 1. The molecule has 0 saturated heterocycles. The normalized spacial score (nSPS) is 17.1. The van der Waals surface area contributed by atoms with Crippen LogP contribution in [0.4, 0.5) is 0 Å². The van der Waals surface area contributed by atoms with E-state index in [9.17, 15) is 4.79 Å². The molecular formula is C18H20N2O. The molecule has 0 aliphatic carbocycles. The van der Waals surface area contributed by atoms with Gasteiger partial charge in [-0.2, -0.15) is 0 Å². The van der Waals surface area contributed by atoms with E-state index in [0.29, 0.717) is 6.54 Å². The molecule has 1 heterocycles. The summed E-state index contributed by atoms with van der Waals surface area (Å²) in [6.07, 6.45) is 0.760. The molecule has 0 spiro atoms. The van der Waals surface area contributed by atoms with Crippen molar-refractivity contribution in [2.45, 2.75) is 32.5 Å². The van der Waals surface area contributed by atoms with E-state index in [1.165, 1.54) is 16.7 Å². The van der Waals surface area contributed by atoms with Crippen molar-refractivity contribution in [3.63, 3.8) is 0 Å². The van der Waals surface area contributed by atoms with Crippen LogP contribution in [0.25, 0.3) is 0 Å². The Hall–Kier alpha value is -2.13. The van der Waals surface area contributed by atoms with Gasteiger partial charge in [-0.25, -0.2) is 0 Å². The lowest BCUT2D eigenvalue weighted by molar-refractivity contribution is -0.123. The molecule has 108 valence electrons. The van der Waals surface area contributed by atoms with Gasteiger partial charge in [0.25, 0.3) is 0 Å². The Balaban J connectivity index is 1.59. The van der Waals surface area contributed by atoms with E-state index in [4.69, 9.17) is 0 Å². The van der Waals surface area contributed by atoms with E-state index >= 15 is 0 Å². The Morgan fingerprint density at radius 2 is 2.00 bits per heavy atom. The second-order valence-electron chi connectivity index (χ2n) is 5.61. The summed E-state index contributed by atoms with van der Waals surface area (Å²) < 4.78 is 0. The van der Waals surface area contributed by atoms with Gasteiger partial charge in [0.15, 0.2) is 0 Å². The number of hydrogen-bond donors (Lipinski definition) is 2. The zero-order chi connectivity index (χ0) is 14.7. The van der Waals surface area contributed by atoms with Gasteiger partial charge in [-0.3, -0.25) is 4.79 Å². The van der Waals surface area contributed by atoms with Crippen molar-refractivity contribution in [1.29, 1.82) is 0 Å². The zero-order valence-electron chi connectivity index (χ0n) is 12.2. The average Bonchev–Trinajstić information content (AvgIpc) is 2.52. The number of carbonyl (C=O) groups excluding carboxylic acids is 1. The lowest BCUT2D eigenvalue weighted by Crippen LogP contribution is -2.47. The zero-order valence-corrected chi connectivity index (χ0v) is 12.2. The molecule has 1 amide bonds. The van der Waals surface area contributed by atoms with Crippen LogP contribution in [-0.2, 0) is 24.3 Å². The van der Waals surface area contributed by atoms with E-state index in [2.05, 4.69) is 41.8 Å². The minimum atomic E-state index is -0.135. The van der Waals surface area contributed by atoms with E-state index in [1.807, 2.05) is 24.3 Å². The number of fused-ring (bicyclic) bond motifs is 1. The second-order valence-corrected chi connectivity index (χ2v) is 5.61. The number of hydrogen-bond acceptors (Lipinski definition) is 2. The Morgan fingerprint density at radius 3 is 2.81 bits per heavy atom. The van der Waals surface area contributed by atoms with Crippen LogP contribution in [0.15, 0.2) is 48.5 Å². The van der Waals surface area contributed by atoms with Gasteiger partial charge in [0.2, 0.25) is 5.91 Å². The van der Waals surface area contributed by atoms with Gasteiger partial charge in [-0.1, -0.05) is 54.1 Å². The predicted octanol–water partition coefficient (Wildman–Crippen LogP) is 2.33. The fraction of sp³-hybridized carbons (Fsp3) is 0.278. The van der Waals surface area contributed by atoms with Crippen molar-refractivity contribution >= 4 is 5.91 Å². The van der Waals surface area contributed by atoms with E-state index in [-0.39, 0.29) is 11.9 Å². The second kappa shape index (κ2) is 6.10. The quantitative estimate of drug-likeness (QED) is 0.906. The number of nitrogens with one attached hydrogen (secondary N) is 2. The van der Waals surface area contributed by atoms with Crippen molar-refractivity contribution < 1.29 is 4.79 Å². The summed E-state index contributed by atoms with van der Waals surface area (Å²) in [5.74, 6) is 0.0750. The van der Waals surface area contributed by atoms with Crippen LogP contribution in [0, 0.1) is 6.92 Å². The standard InChI is InChI=1S/C18H20N2O/c1-13-5-4-6-14(9-13)11-20-18(21)17-10-15-7-2-3-8-16(15)12-19-17/h2-9,17,19H,10-12H2,1H3,(H,20,21)/t17-/m0/s1. The summed E-state index contributed by atoms with van der Waals surface area (Å²) in [6.45, 7) is 3.41. The first-order chi connectivity index (χ1) is 10.2. The molecule has 1 aliphatic rings. The Bertz CT molecular complexity index is 651. The predicted molar refractivity (Wildman–Crippen MR) is 83.8 cm³/mol. The molecule has 1 aliphatic heterocycles. The van der Waals surface area contributed by atoms with Crippen molar-refractivity contribution in [1.82, 2.24) is 10.6 Å². The molecular weight excluding hydrogens is 260 g/mol. The number of benzene rings is 2. The summed E-state index contributed by atoms with van der Waals surface area (Å²) in [7, 11) is 0. The fourth-order valence-electron chi connectivity index (χ4n) is 2.77. The summed E-state index contributed by atoms with van der Waals surface area (Å²) in [6, 6.07) is 16.4. The molecule has 0 saturated carbocycles. The fourth-order valence-corrected chi connectivity index (χ4v) is 2.77.